The maximum atomic E-state index is 11.8. The predicted octanol–water partition coefficient (Wildman–Crippen LogP) is 2.68. The number of hydrogen-bond donors (Lipinski definition) is 2. The number of nitrogen functional groups attached to an aromatic ring is 1. The van der Waals surface area contributed by atoms with E-state index in [1.807, 2.05) is 32.0 Å². The number of esters is 1. The number of nitrogens with two attached hydrogens (primary N) is 1. The van der Waals surface area contributed by atoms with Crippen LogP contribution in [0.1, 0.15) is 21.5 Å². The second-order valence-corrected chi connectivity index (χ2v) is 5.06. The van der Waals surface area contributed by atoms with Gasteiger partial charge in [-0.25, -0.2) is 4.79 Å². The van der Waals surface area contributed by atoms with Gasteiger partial charge in [-0.1, -0.05) is 17.7 Å². The van der Waals surface area contributed by atoms with Crippen molar-refractivity contribution in [2.24, 2.45) is 0 Å². The van der Waals surface area contributed by atoms with Gasteiger partial charge in [0, 0.05) is 11.4 Å². The lowest BCUT2D eigenvalue weighted by Crippen LogP contribution is -2.21. The molecule has 0 radical (unpaired) electrons. The van der Waals surface area contributed by atoms with Crippen molar-refractivity contribution in [3.8, 4) is 0 Å². The maximum absolute atomic E-state index is 11.8. The van der Waals surface area contributed by atoms with Crippen molar-refractivity contribution in [3.05, 3.63) is 59.2 Å². The molecule has 0 bridgehead atoms. The second-order valence-electron chi connectivity index (χ2n) is 5.06. The van der Waals surface area contributed by atoms with Crippen molar-refractivity contribution >= 4 is 23.3 Å². The lowest BCUT2D eigenvalue weighted by atomic mass is 10.1. The van der Waals surface area contributed by atoms with Crippen LogP contribution >= 0.6 is 0 Å². The number of ether oxygens (including phenoxy) is 1. The molecule has 22 heavy (non-hydrogen) atoms. The lowest BCUT2D eigenvalue weighted by molar-refractivity contribution is -0.119. The summed E-state index contributed by atoms with van der Waals surface area (Å²) in [6.07, 6.45) is 0. The summed E-state index contributed by atoms with van der Waals surface area (Å²) in [5, 5.41) is 2.72. The first kappa shape index (κ1) is 15.6. The van der Waals surface area contributed by atoms with Gasteiger partial charge in [0.25, 0.3) is 5.91 Å². The van der Waals surface area contributed by atoms with Crippen LogP contribution in [-0.4, -0.2) is 18.5 Å². The van der Waals surface area contributed by atoms with Gasteiger partial charge in [-0.05, 0) is 49.7 Å². The molecule has 0 aliphatic rings. The van der Waals surface area contributed by atoms with Gasteiger partial charge < -0.3 is 15.8 Å². The molecule has 0 spiro atoms. The number of benzene rings is 2. The molecule has 2 rings (SSSR count). The fraction of sp³-hybridized carbons (Fsp3) is 0.176. The van der Waals surface area contributed by atoms with Crippen molar-refractivity contribution in [2.75, 3.05) is 17.7 Å². The number of hydrogen-bond acceptors (Lipinski definition) is 4. The molecule has 0 unspecified atom stereocenters. The Morgan fingerprint density at radius 3 is 2.41 bits per heavy atom. The Morgan fingerprint density at radius 2 is 1.77 bits per heavy atom. The van der Waals surface area contributed by atoms with Gasteiger partial charge in [-0.15, -0.1) is 0 Å². The normalized spacial score (nSPS) is 10.1. The van der Waals surface area contributed by atoms with Gasteiger partial charge in [0.2, 0.25) is 0 Å². The molecule has 0 saturated heterocycles. The van der Waals surface area contributed by atoms with Crippen LogP contribution in [0.2, 0.25) is 0 Å². The molecule has 5 nitrogen and oxygen atoms in total. The van der Waals surface area contributed by atoms with E-state index in [1.165, 1.54) is 0 Å². The number of anilines is 2. The van der Waals surface area contributed by atoms with E-state index in [0.29, 0.717) is 16.9 Å². The van der Waals surface area contributed by atoms with Crippen LogP contribution in [0.4, 0.5) is 11.4 Å². The molecule has 5 heteroatoms. The summed E-state index contributed by atoms with van der Waals surface area (Å²) in [6.45, 7) is 3.55. The Morgan fingerprint density at radius 1 is 1.09 bits per heavy atom. The van der Waals surface area contributed by atoms with Gasteiger partial charge in [0.1, 0.15) is 0 Å². The van der Waals surface area contributed by atoms with Crippen LogP contribution < -0.4 is 11.1 Å². The molecule has 0 heterocycles. The monoisotopic (exact) mass is 298 g/mol. The molecular formula is C17H18N2O3. The van der Waals surface area contributed by atoms with E-state index in [2.05, 4.69) is 5.32 Å². The van der Waals surface area contributed by atoms with Crippen LogP contribution in [0.15, 0.2) is 42.5 Å². The molecule has 0 aliphatic heterocycles. The first-order chi connectivity index (χ1) is 10.5. The van der Waals surface area contributed by atoms with Gasteiger partial charge in [0.15, 0.2) is 6.61 Å². The molecule has 0 aromatic heterocycles. The molecule has 3 N–H and O–H groups in total. The topological polar surface area (TPSA) is 81.4 Å². The van der Waals surface area contributed by atoms with E-state index in [-0.39, 0.29) is 12.5 Å². The molecular weight excluding hydrogens is 280 g/mol. The van der Waals surface area contributed by atoms with Crippen molar-refractivity contribution in [2.45, 2.75) is 13.8 Å². The Hall–Kier alpha value is -2.82. The molecule has 0 fully saturated rings. The van der Waals surface area contributed by atoms with Crippen molar-refractivity contribution in [1.82, 2.24) is 0 Å². The third-order valence-electron chi connectivity index (χ3n) is 3.14. The summed E-state index contributed by atoms with van der Waals surface area (Å²) < 4.78 is 4.97. The zero-order valence-electron chi connectivity index (χ0n) is 12.6. The summed E-state index contributed by atoms with van der Waals surface area (Å²) in [5.41, 5.74) is 9.24. The summed E-state index contributed by atoms with van der Waals surface area (Å²) in [6, 6.07) is 12.0. The molecule has 114 valence electrons. The molecule has 2 aromatic carbocycles. The molecule has 0 atom stereocenters. The zero-order valence-corrected chi connectivity index (χ0v) is 12.6. The van der Waals surface area contributed by atoms with Crippen molar-refractivity contribution in [1.29, 1.82) is 0 Å². The summed E-state index contributed by atoms with van der Waals surface area (Å²) >= 11 is 0. The highest BCUT2D eigenvalue weighted by Gasteiger charge is 2.11. The van der Waals surface area contributed by atoms with Crippen LogP contribution in [0.3, 0.4) is 0 Å². The van der Waals surface area contributed by atoms with E-state index in [0.717, 1.165) is 11.1 Å². The predicted molar refractivity (Wildman–Crippen MR) is 85.7 cm³/mol. The van der Waals surface area contributed by atoms with Crippen LogP contribution in [0, 0.1) is 13.8 Å². The van der Waals surface area contributed by atoms with E-state index in [9.17, 15) is 9.59 Å². The number of rotatable bonds is 4. The Balaban J connectivity index is 1.89. The number of amides is 1. The summed E-state index contributed by atoms with van der Waals surface area (Å²) in [5.74, 6) is -0.938. The Labute approximate surface area is 129 Å². The van der Waals surface area contributed by atoms with Crippen LogP contribution in [0.5, 0.6) is 0 Å². The fourth-order valence-corrected chi connectivity index (χ4v) is 1.97. The number of aryl methyl sites for hydroxylation is 2. The molecule has 0 saturated carbocycles. The van der Waals surface area contributed by atoms with Gasteiger partial charge in [0.05, 0.1) is 5.56 Å². The average molecular weight is 298 g/mol. The van der Waals surface area contributed by atoms with E-state index >= 15 is 0 Å². The third-order valence-corrected chi connectivity index (χ3v) is 3.14. The first-order valence-electron chi connectivity index (χ1n) is 6.85. The minimum atomic E-state index is -0.559. The standard InChI is InChI=1S/C17H18N2O3/c1-11-3-8-15(12(2)9-11)19-16(20)10-22-17(21)13-4-6-14(18)7-5-13/h3-9H,10,18H2,1-2H3,(H,19,20). The number of carbonyl (C=O) groups is 2. The quantitative estimate of drug-likeness (QED) is 0.671. The van der Waals surface area contributed by atoms with E-state index < -0.39 is 5.97 Å². The van der Waals surface area contributed by atoms with Gasteiger partial charge in [-0.3, -0.25) is 4.79 Å². The maximum Gasteiger partial charge on any atom is 0.338 e. The molecule has 1 amide bonds. The molecule has 0 aliphatic carbocycles. The van der Waals surface area contributed by atoms with Crippen molar-refractivity contribution < 1.29 is 14.3 Å². The van der Waals surface area contributed by atoms with Gasteiger partial charge in [-0.2, -0.15) is 0 Å². The van der Waals surface area contributed by atoms with E-state index in [1.54, 1.807) is 24.3 Å². The molecule has 2 aromatic rings. The van der Waals surface area contributed by atoms with Gasteiger partial charge >= 0.3 is 5.97 Å². The highest BCUT2D eigenvalue weighted by molar-refractivity contribution is 5.96. The van der Waals surface area contributed by atoms with E-state index in [4.69, 9.17) is 10.5 Å². The Bertz CT molecular complexity index is 694. The zero-order chi connectivity index (χ0) is 16.1. The van der Waals surface area contributed by atoms with Crippen LogP contribution in [0.25, 0.3) is 0 Å². The third kappa shape index (κ3) is 4.09. The van der Waals surface area contributed by atoms with Crippen molar-refractivity contribution in [3.63, 3.8) is 0 Å². The number of carbonyl (C=O) groups excluding carboxylic acids is 2. The summed E-state index contributed by atoms with van der Waals surface area (Å²) in [4.78, 5) is 23.6. The average Bonchev–Trinajstić information content (AvgIpc) is 2.48. The number of nitrogens with one attached hydrogen (secondary N) is 1. The Kier molecular flexibility index (Phi) is 4.78. The van der Waals surface area contributed by atoms with Crippen LogP contribution in [-0.2, 0) is 9.53 Å². The smallest absolute Gasteiger partial charge is 0.338 e. The minimum absolute atomic E-state index is 0.337. The highest BCUT2D eigenvalue weighted by Crippen LogP contribution is 2.15. The highest BCUT2D eigenvalue weighted by atomic mass is 16.5. The largest absolute Gasteiger partial charge is 0.452 e. The first-order valence-corrected chi connectivity index (χ1v) is 6.85. The SMILES string of the molecule is Cc1ccc(NC(=O)COC(=O)c2ccc(N)cc2)c(C)c1. The fourth-order valence-electron chi connectivity index (χ4n) is 1.97. The minimum Gasteiger partial charge on any atom is -0.452 e. The lowest BCUT2D eigenvalue weighted by Gasteiger charge is -2.09. The summed E-state index contributed by atoms with van der Waals surface area (Å²) in [7, 11) is 0. The second kappa shape index (κ2) is 6.76.